The largest absolute Gasteiger partial charge is 0.504 e. The molecule has 0 aromatic heterocycles. The fourth-order valence-corrected chi connectivity index (χ4v) is 15.5. The van der Waals surface area contributed by atoms with Gasteiger partial charge in [-0.1, -0.05) is 0 Å². The summed E-state index contributed by atoms with van der Waals surface area (Å²) in [4.78, 5) is 153. The van der Waals surface area contributed by atoms with Crippen molar-refractivity contribution >= 4 is 59.7 Å². The van der Waals surface area contributed by atoms with E-state index in [9.17, 15) is 168 Å². The van der Waals surface area contributed by atoms with E-state index in [1.54, 1.807) is 0 Å². The molecule has 6 heterocycles. The van der Waals surface area contributed by atoms with Crippen LogP contribution < -0.4 is 0 Å². The summed E-state index contributed by atoms with van der Waals surface area (Å²) >= 11 is 0. The minimum absolute atomic E-state index is 0.0634. The van der Waals surface area contributed by atoms with Gasteiger partial charge in [0.05, 0.1) is 55.6 Å². The van der Waals surface area contributed by atoms with Crippen LogP contribution in [-0.4, -0.2) is 288 Å². The van der Waals surface area contributed by atoms with E-state index in [0.717, 1.165) is 0 Å². The van der Waals surface area contributed by atoms with Crippen LogP contribution in [-0.2, 0) is 56.8 Å². The number of ether oxygens (including phenoxy) is 12. The summed E-state index contributed by atoms with van der Waals surface area (Å²) in [6, 6.07) is 2.17. The van der Waals surface area contributed by atoms with Gasteiger partial charge in [0, 0.05) is 55.6 Å². The van der Waals surface area contributed by atoms with Gasteiger partial charge in [0.25, 0.3) is 0 Å². The van der Waals surface area contributed by atoms with Gasteiger partial charge in [-0.05, 0) is 60.7 Å². The average molecular weight is 1870 g/mol. The van der Waals surface area contributed by atoms with Crippen LogP contribution in [0.1, 0.15) is 104 Å². The summed E-state index contributed by atoms with van der Waals surface area (Å²) in [7, 11) is 0. The Morgan fingerprint density at radius 2 is 0.440 bits per heavy atom. The van der Waals surface area contributed by atoms with Crippen LogP contribution in [0, 0.1) is 0 Å². The SMILES string of the molecule is O=C(OC1OC2COC(=O)c3cc(O)c(O)c(O)c3-c3c(cc(O)c(O)c3O)C(=O)OC2C2OC(=O)c3cc(O)c(O)c(O)c3-c3c(O)c(O)c(O)c(-c4c(C(=O)OC5OC6COC(=O)c7cc(O)c(O)c(O)c7-c7c(cc(O)c(O)c7O)C(=O)OC6C6OC(=O)c7cc(O)c(O)c(O)c7-c7c(cc(O)c(O)c7O)C(=O)OC56)cc(O)c(O)c4O)c3C(=O)OC12)c1cc(O)c(O)c(O)c1. The average Bonchev–Trinajstić information content (AvgIpc) is 0.813. The lowest BCUT2D eigenvalue weighted by Gasteiger charge is -2.44. The molecule has 6 aliphatic heterocycles. The fourth-order valence-electron chi connectivity index (χ4n) is 15.5. The van der Waals surface area contributed by atoms with E-state index in [1.807, 2.05) is 0 Å². The van der Waals surface area contributed by atoms with E-state index in [-0.39, 0.29) is 42.5 Å². The minimum Gasteiger partial charge on any atom is -0.504 e. The zero-order valence-electron chi connectivity index (χ0n) is 65.4. The van der Waals surface area contributed by atoms with Gasteiger partial charge in [0.1, 0.15) is 25.4 Å². The third-order valence-corrected chi connectivity index (χ3v) is 21.8. The summed E-state index contributed by atoms with van der Waals surface area (Å²) in [5, 5.41) is 339. The highest BCUT2D eigenvalue weighted by molar-refractivity contribution is 6.17. The summed E-state index contributed by atoms with van der Waals surface area (Å²) in [6.45, 7) is -3.29. The smallest absolute Gasteiger partial charge is 0.341 e. The summed E-state index contributed by atoms with van der Waals surface area (Å²) in [5.74, 6) is -71.9. The molecule has 10 atom stereocenters. The van der Waals surface area contributed by atoms with E-state index in [4.69, 9.17) is 56.8 Å². The second kappa shape index (κ2) is 31.4. The van der Waals surface area contributed by atoms with Crippen LogP contribution >= 0.6 is 0 Å². The zero-order valence-corrected chi connectivity index (χ0v) is 65.4. The number of carbonyl (C=O) groups excluding carboxylic acids is 10. The van der Waals surface area contributed by atoms with Crippen LogP contribution in [0.15, 0.2) is 60.7 Å². The maximum Gasteiger partial charge on any atom is 0.341 e. The third-order valence-electron chi connectivity index (χ3n) is 21.8. The second-order valence-electron chi connectivity index (χ2n) is 29.5. The molecular weight excluding hydrogens is 1820 g/mol. The first-order valence-electron chi connectivity index (χ1n) is 37.2. The number of fused-ring (bicyclic) bond motifs is 18. The normalized spacial score (nSPS) is 20.2. The van der Waals surface area contributed by atoms with E-state index < -0.39 is 418 Å². The molecule has 0 saturated carbocycles. The lowest BCUT2D eigenvalue weighted by molar-refractivity contribution is -0.282. The third kappa shape index (κ3) is 13.5. The molecule has 10 aromatic carbocycles. The molecule has 2 fully saturated rings. The molecule has 134 heavy (non-hydrogen) atoms. The van der Waals surface area contributed by atoms with Crippen molar-refractivity contribution in [2.45, 2.75) is 61.4 Å². The van der Waals surface area contributed by atoms with Crippen LogP contribution in [0.2, 0.25) is 0 Å². The van der Waals surface area contributed by atoms with Crippen molar-refractivity contribution in [2.75, 3.05) is 13.2 Å². The predicted molar refractivity (Wildman–Crippen MR) is 413 cm³/mol. The van der Waals surface area contributed by atoms with E-state index in [2.05, 4.69) is 0 Å². The van der Waals surface area contributed by atoms with Crippen molar-refractivity contribution in [3.8, 4) is 228 Å². The molecule has 6 aliphatic rings. The summed E-state index contributed by atoms with van der Waals surface area (Å²) in [5.41, 5.74) is -30.1. The quantitative estimate of drug-likeness (QED) is 0.0668. The molecule has 694 valence electrons. The molecule has 0 amide bonds. The van der Waals surface area contributed by atoms with Gasteiger partial charge in [-0.25, -0.2) is 47.9 Å². The molecule has 0 bridgehead atoms. The van der Waals surface area contributed by atoms with Crippen LogP contribution in [0.3, 0.4) is 0 Å². The van der Waals surface area contributed by atoms with Gasteiger partial charge in [-0.3, -0.25) is 0 Å². The Morgan fingerprint density at radius 1 is 0.216 bits per heavy atom. The van der Waals surface area contributed by atoms with Gasteiger partial charge in [0.15, 0.2) is 145 Å². The van der Waals surface area contributed by atoms with Gasteiger partial charge in [0.2, 0.25) is 76.5 Å². The first kappa shape index (κ1) is 88.3. The Bertz CT molecular complexity index is 7000. The lowest BCUT2D eigenvalue weighted by Crippen LogP contribution is -2.63. The molecule has 52 nitrogen and oxygen atoms in total. The van der Waals surface area contributed by atoms with Crippen molar-refractivity contribution < 1.29 is 258 Å². The van der Waals surface area contributed by atoms with Crippen molar-refractivity contribution in [3.63, 3.8) is 0 Å². The number of phenolic OH excluding ortho intramolecular Hbond substituents is 30. The van der Waals surface area contributed by atoms with E-state index >= 15 is 33.6 Å². The molecule has 10 aromatic rings. The molecule has 52 heteroatoms. The number of benzene rings is 10. The number of carbonyl (C=O) groups is 10. The number of aromatic hydroxyl groups is 30. The Hall–Kier alpha value is -19.2. The highest BCUT2D eigenvalue weighted by atomic mass is 16.8. The first-order valence-corrected chi connectivity index (χ1v) is 37.2. The number of esters is 10. The van der Waals surface area contributed by atoms with Gasteiger partial charge in [-0.15, -0.1) is 0 Å². The molecular formula is C82H54O52. The van der Waals surface area contributed by atoms with Crippen molar-refractivity contribution in [1.82, 2.24) is 0 Å². The number of hydrogen-bond acceptors (Lipinski definition) is 52. The molecule has 0 aliphatic carbocycles. The van der Waals surface area contributed by atoms with E-state index in [1.165, 1.54) is 0 Å². The number of cyclic esters (lactones) is 2. The monoisotopic (exact) mass is 1870 g/mol. The summed E-state index contributed by atoms with van der Waals surface area (Å²) in [6.07, 6.45) is -30.1. The van der Waals surface area contributed by atoms with Crippen LogP contribution in [0.25, 0.3) is 55.6 Å². The van der Waals surface area contributed by atoms with Gasteiger partial charge >= 0.3 is 59.7 Å². The first-order chi connectivity index (χ1) is 63.1. The van der Waals surface area contributed by atoms with E-state index in [0.29, 0.717) is 18.2 Å². The predicted octanol–water partition coefficient (Wildman–Crippen LogP) is 3.27. The van der Waals surface area contributed by atoms with Gasteiger partial charge < -0.3 is 210 Å². The van der Waals surface area contributed by atoms with Gasteiger partial charge in [-0.2, -0.15) is 0 Å². The Labute approximate surface area is 734 Å². The number of phenols is 30. The van der Waals surface area contributed by atoms with Crippen molar-refractivity contribution in [2.24, 2.45) is 0 Å². The Morgan fingerprint density at radius 3 is 0.746 bits per heavy atom. The maximum atomic E-state index is 16.5. The van der Waals surface area contributed by atoms with Crippen molar-refractivity contribution in [1.29, 1.82) is 0 Å². The molecule has 16 rings (SSSR count). The lowest BCUT2D eigenvalue weighted by atomic mass is 9.84. The Balaban J connectivity index is 0.906. The fraction of sp³-hybridized carbons (Fsp3) is 0.146. The topological polar surface area (TPSA) is 888 Å². The van der Waals surface area contributed by atoms with Crippen molar-refractivity contribution in [3.05, 3.63) is 116 Å². The Kier molecular flexibility index (Phi) is 20.7. The van der Waals surface area contributed by atoms with Crippen LogP contribution in [0.4, 0.5) is 0 Å². The summed E-state index contributed by atoms with van der Waals surface area (Å²) < 4.78 is 69.4. The van der Waals surface area contributed by atoms with Crippen LogP contribution in [0.5, 0.6) is 172 Å². The highest BCUT2D eigenvalue weighted by Gasteiger charge is 2.60. The molecule has 30 N–H and O–H groups in total. The molecule has 2 saturated heterocycles. The minimum atomic E-state index is -3.30. The number of rotatable bonds is 5. The standard InChI is InChI=1S/C82H54O52/c83-22-1-13(2-23(84)45(22)93)71(113)133-81-70-68(66-32(125-81)11-123-72(114)14-3-24(85)46(94)54(102)34(14)37-17(75(117)128-66)6-27(88)49(97)57(37)105)130-77(119)20-9-30(91)52(100)60(108)40(20)42-44(80(122)132-70)43(63(111)64(112)62(42)110)41-21(10-31(92)53(101)61(41)109)79(121)134-82-69-67(129-76(118)18-7-28(89)50(98)58(106)38(18)39-19(78(120)131-69)8-29(90)51(99)59(39)107)65-33(126-82)12-124-73(115)15-4-25(86)47(95)55(103)35(15)36-16(74(116)127-65)5-26(87)48(96)56(36)104/h1-10,32-33,65-70,81-112H,11-12H2. The molecule has 10 unspecified atom stereocenters. The zero-order chi connectivity index (χ0) is 97.4. The maximum absolute atomic E-state index is 16.5. The number of hydrogen-bond donors (Lipinski definition) is 30. The molecule has 0 spiro atoms. The second-order valence-corrected chi connectivity index (χ2v) is 29.5. The highest BCUT2D eigenvalue weighted by Crippen LogP contribution is 2.63. The molecule has 0 radical (unpaired) electrons.